The van der Waals surface area contributed by atoms with Crippen LogP contribution in [0, 0.1) is 0 Å². The Morgan fingerprint density at radius 2 is 1.42 bits per heavy atom. The van der Waals surface area contributed by atoms with Crippen LogP contribution in [0.4, 0.5) is 0 Å². The van der Waals surface area contributed by atoms with Gasteiger partial charge in [-0.3, -0.25) is 19.2 Å². The molecule has 1 aliphatic heterocycles. The monoisotopic (exact) mass is 502 g/mol. The molecule has 0 spiro atoms. The van der Waals surface area contributed by atoms with Crippen LogP contribution in [0.2, 0.25) is 0 Å². The van der Waals surface area contributed by atoms with Crippen LogP contribution in [0.5, 0.6) is 5.75 Å². The van der Waals surface area contributed by atoms with E-state index in [1.54, 1.807) is 30.3 Å². The molecule has 1 fully saturated rings. The van der Waals surface area contributed by atoms with Crippen molar-refractivity contribution in [3.8, 4) is 5.75 Å². The van der Waals surface area contributed by atoms with Crippen LogP contribution in [0.25, 0.3) is 0 Å². The zero-order chi connectivity index (χ0) is 23.2. The highest BCUT2D eigenvalue weighted by Crippen LogP contribution is 2.40. The first-order chi connectivity index (χ1) is 14.5. The number of esters is 4. The Balaban J connectivity index is 2.51. The molecule has 1 aromatic carbocycles. The molecule has 1 aliphatic rings. The van der Waals surface area contributed by atoms with Crippen molar-refractivity contribution in [2.75, 3.05) is 6.61 Å². The van der Waals surface area contributed by atoms with Crippen molar-refractivity contribution >= 4 is 39.8 Å². The minimum Gasteiger partial charge on any atom is -0.462 e. The van der Waals surface area contributed by atoms with E-state index >= 15 is 0 Å². The lowest BCUT2D eigenvalue weighted by Crippen LogP contribution is -2.67. The van der Waals surface area contributed by atoms with Crippen molar-refractivity contribution in [2.45, 2.75) is 56.8 Å². The molecule has 0 unspecified atom stereocenters. The highest BCUT2D eigenvalue weighted by Gasteiger charge is 2.60. The molecule has 0 aliphatic carbocycles. The molecule has 170 valence electrons. The van der Waals surface area contributed by atoms with Gasteiger partial charge >= 0.3 is 23.9 Å². The lowest BCUT2D eigenvalue weighted by atomic mass is 9.98. The summed E-state index contributed by atoms with van der Waals surface area (Å²) in [7, 11) is 0. The van der Waals surface area contributed by atoms with E-state index in [0.29, 0.717) is 5.75 Å². The van der Waals surface area contributed by atoms with E-state index in [9.17, 15) is 19.2 Å². The van der Waals surface area contributed by atoms with E-state index in [-0.39, 0.29) is 0 Å². The lowest BCUT2D eigenvalue weighted by molar-refractivity contribution is -0.296. The van der Waals surface area contributed by atoms with Crippen molar-refractivity contribution in [2.24, 2.45) is 0 Å². The maximum Gasteiger partial charge on any atom is 0.303 e. The quantitative estimate of drug-likeness (QED) is 0.310. The number of hydrogen-bond donors (Lipinski definition) is 0. The van der Waals surface area contributed by atoms with Crippen LogP contribution >= 0.6 is 15.9 Å². The Morgan fingerprint density at radius 1 is 0.871 bits per heavy atom. The fourth-order valence-electron chi connectivity index (χ4n) is 2.91. The van der Waals surface area contributed by atoms with Gasteiger partial charge in [0.25, 0.3) is 0 Å². The molecule has 0 saturated carbocycles. The Morgan fingerprint density at radius 3 is 1.94 bits per heavy atom. The van der Waals surface area contributed by atoms with Crippen molar-refractivity contribution < 1.29 is 47.6 Å². The predicted molar refractivity (Wildman–Crippen MR) is 107 cm³/mol. The summed E-state index contributed by atoms with van der Waals surface area (Å²) < 4.78 is 31.2. The van der Waals surface area contributed by atoms with Crippen LogP contribution in [-0.4, -0.2) is 59.6 Å². The molecule has 0 radical (unpaired) electrons. The number of ether oxygens (including phenoxy) is 6. The Labute approximate surface area is 187 Å². The van der Waals surface area contributed by atoms with Gasteiger partial charge in [0.15, 0.2) is 12.2 Å². The van der Waals surface area contributed by atoms with Gasteiger partial charge in [0, 0.05) is 27.7 Å². The number of alkyl halides is 1. The second-order valence-corrected chi connectivity index (χ2v) is 8.00. The summed E-state index contributed by atoms with van der Waals surface area (Å²) in [6.07, 6.45) is -5.33. The molecule has 2 rings (SSSR count). The first kappa shape index (κ1) is 24.6. The average Bonchev–Trinajstić information content (AvgIpc) is 2.66. The van der Waals surface area contributed by atoms with Gasteiger partial charge < -0.3 is 28.4 Å². The van der Waals surface area contributed by atoms with E-state index in [1.807, 2.05) is 0 Å². The average molecular weight is 503 g/mol. The zero-order valence-electron chi connectivity index (χ0n) is 17.4. The fourth-order valence-corrected chi connectivity index (χ4v) is 3.56. The predicted octanol–water partition coefficient (Wildman–Crippen LogP) is 1.87. The normalized spacial score (nSPS) is 27.5. The van der Waals surface area contributed by atoms with Gasteiger partial charge in [-0.2, -0.15) is 0 Å². The van der Waals surface area contributed by atoms with Gasteiger partial charge in [-0.1, -0.05) is 18.2 Å². The third-order valence-corrected chi connectivity index (χ3v) is 4.86. The van der Waals surface area contributed by atoms with Crippen LogP contribution in [0.3, 0.4) is 0 Å². The first-order valence-electron chi connectivity index (χ1n) is 9.25. The van der Waals surface area contributed by atoms with Crippen molar-refractivity contribution in [3.05, 3.63) is 30.3 Å². The van der Waals surface area contributed by atoms with Crippen LogP contribution in [-0.2, 0) is 42.9 Å². The fraction of sp³-hybridized carbons (Fsp3) is 0.500. The largest absolute Gasteiger partial charge is 0.462 e. The van der Waals surface area contributed by atoms with Gasteiger partial charge in [0.05, 0.1) is 0 Å². The number of carbonyl (C=O) groups is 4. The third kappa shape index (κ3) is 6.93. The standard InChI is InChI=1S/C20H23BrO10/c1-11(22)26-10-20(21)18(29-14(4)25)16(27-12(2)23)17(28-13(3)24)19(31-20)30-15-8-6-5-7-9-15/h5-9,16-19H,10H2,1-4H3/t16-,17-,18+,19-,20-/m1/s1. The molecule has 5 atom stereocenters. The topological polar surface area (TPSA) is 124 Å². The number of hydrogen-bond acceptors (Lipinski definition) is 10. The summed E-state index contributed by atoms with van der Waals surface area (Å²) in [5.41, 5.74) is 0. The van der Waals surface area contributed by atoms with Crippen LogP contribution < -0.4 is 4.74 Å². The Hall–Kier alpha value is -2.66. The van der Waals surface area contributed by atoms with Crippen molar-refractivity contribution in [3.63, 3.8) is 0 Å². The minimum atomic E-state index is -1.68. The van der Waals surface area contributed by atoms with Crippen molar-refractivity contribution in [1.29, 1.82) is 0 Å². The number of benzene rings is 1. The molecule has 0 aromatic heterocycles. The summed E-state index contributed by atoms with van der Waals surface area (Å²) >= 11 is 3.31. The number of carbonyl (C=O) groups excluding carboxylic acids is 4. The van der Waals surface area contributed by atoms with Gasteiger partial charge in [-0.25, -0.2) is 0 Å². The van der Waals surface area contributed by atoms with E-state index in [4.69, 9.17) is 28.4 Å². The molecule has 0 bridgehead atoms. The Bertz CT molecular complexity index is 813. The maximum absolute atomic E-state index is 11.8. The summed E-state index contributed by atoms with van der Waals surface area (Å²) in [4.78, 5) is 46.8. The van der Waals surface area contributed by atoms with Gasteiger partial charge in [0.1, 0.15) is 12.4 Å². The minimum absolute atomic E-state index is 0.361. The molecule has 1 heterocycles. The summed E-state index contributed by atoms with van der Waals surface area (Å²) in [5.74, 6) is -2.45. The molecule has 1 saturated heterocycles. The van der Waals surface area contributed by atoms with E-state index in [2.05, 4.69) is 15.9 Å². The summed E-state index contributed by atoms with van der Waals surface area (Å²) in [6, 6.07) is 8.46. The second kappa shape index (κ2) is 10.6. The zero-order valence-corrected chi connectivity index (χ0v) is 18.9. The highest BCUT2D eigenvalue weighted by atomic mass is 79.9. The molecule has 0 N–H and O–H groups in total. The van der Waals surface area contributed by atoms with E-state index < -0.39 is 59.6 Å². The molecule has 0 amide bonds. The first-order valence-corrected chi connectivity index (χ1v) is 10.0. The molecule has 1 aromatic rings. The lowest BCUT2D eigenvalue weighted by Gasteiger charge is -2.47. The Kier molecular flexibility index (Phi) is 8.40. The SMILES string of the molecule is CC(=O)OC[C@@]1(Br)O[C@@H](Oc2ccccc2)[C@H](OC(C)=O)[C@@H](OC(C)=O)[C@@H]1OC(C)=O. The number of rotatable bonds is 7. The molecular formula is C20H23BrO10. The number of halogens is 1. The molecular weight excluding hydrogens is 480 g/mol. The second-order valence-electron chi connectivity index (χ2n) is 6.66. The summed E-state index contributed by atoms with van der Waals surface area (Å²) in [5, 5.41) is 0. The molecule has 31 heavy (non-hydrogen) atoms. The summed E-state index contributed by atoms with van der Waals surface area (Å²) in [6.45, 7) is 4.18. The van der Waals surface area contributed by atoms with Crippen LogP contribution in [0.1, 0.15) is 27.7 Å². The van der Waals surface area contributed by atoms with Gasteiger partial charge in [-0.05, 0) is 28.1 Å². The smallest absolute Gasteiger partial charge is 0.303 e. The van der Waals surface area contributed by atoms with Gasteiger partial charge in [-0.15, -0.1) is 0 Å². The van der Waals surface area contributed by atoms with Crippen molar-refractivity contribution in [1.82, 2.24) is 0 Å². The highest BCUT2D eigenvalue weighted by molar-refractivity contribution is 9.10. The third-order valence-electron chi connectivity index (χ3n) is 3.99. The number of para-hydroxylation sites is 1. The van der Waals surface area contributed by atoms with Gasteiger partial charge in [0.2, 0.25) is 16.9 Å². The van der Waals surface area contributed by atoms with Crippen LogP contribution in [0.15, 0.2) is 30.3 Å². The maximum atomic E-state index is 11.8. The van der Waals surface area contributed by atoms with E-state index in [0.717, 1.165) is 20.8 Å². The van der Waals surface area contributed by atoms with E-state index in [1.165, 1.54) is 6.92 Å². The molecule has 10 nitrogen and oxygen atoms in total. The molecule has 11 heteroatoms.